The van der Waals surface area contributed by atoms with Gasteiger partial charge in [-0.2, -0.15) is 0 Å². The minimum Gasteiger partial charge on any atom is -0.480 e. The maximum atomic E-state index is 10.6. The molecule has 0 aromatic carbocycles. The van der Waals surface area contributed by atoms with Crippen molar-refractivity contribution in [3.8, 4) is 0 Å². The van der Waals surface area contributed by atoms with Crippen LogP contribution in [-0.4, -0.2) is 11.1 Å². The number of aryl methyl sites for hydroxylation is 1. The summed E-state index contributed by atoms with van der Waals surface area (Å²) >= 11 is 3.28. The second-order valence-electron chi connectivity index (χ2n) is 2.78. The third kappa shape index (κ3) is 1.76. The van der Waals surface area contributed by atoms with E-state index in [9.17, 15) is 4.79 Å². The topological polar surface area (TPSA) is 76.5 Å². The first-order valence-corrected chi connectivity index (χ1v) is 4.48. The molecule has 5 heteroatoms. The zero-order valence-corrected chi connectivity index (χ0v) is 8.88. The molecular formula is C8H10BrNO3. The number of halogens is 1. The van der Waals surface area contributed by atoms with Gasteiger partial charge in [-0.15, -0.1) is 0 Å². The molecule has 13 heavy (non-hydrogen) atoms. The summed E-state index contributed by atoms with van der Waals surface area (Å²) in [5, 5.41) is 8.66. The van der Waals surface area contributed by atoms with Crippen LogP contribution >= 0.6 is 15.9 Å². The summed E-state index contributed by atoms with van der Waals surface area (Å²) in [5.74, 6) is -0.148. The average molecular weight is 248 g/mol. The van der Waals surface area contributed by atoms with Crippen molar-refractivity contribution in [1.29, 1.82) is 0 Å². The van der Waals surface area contributed by atoms with Crippen LogP contribution in [0.3, 0.4) is 0 Å². The van der Waals surface area contributed by atoms with Gasteiger partial charge in [0.2, 0.25) is 0 Å². The van der Waals surface area contributed by atoms with Crippen LogP contribution in [0.15, 0.2) is 8.89 Å². The Hall–Kier alpha value is -0.810. The highest BCUT2D eigenvalue weighted by atomic mass is 79.9. The van der Waals surface area contributed by atoms with Crippen LogP contribution in [0.1, 0.15) is 23.1 Å². The van der Waals surface area contributed by atoms with E-state index < -0.39 is 12.0 Å². The summed E-state index contributed by atoms with van der Waals surface area (Å²) in [6, 6.07) is -1.09. The van der Waals surface area contributed by atoms with Crippen molar-refractivity contribution in [2.75, 3.05) is 0 Å². The van der Waals surface area contributed by atoms with Gasteiger partial charge >= 0.3 is 5.97 Å². The summed E-state index contributed by atoms with van der Waals surface area (Å²) in [4.78, 5) is 10.6. The van der Waals surface area contributed by atoms with Gasteiger partial charge in [0.05, 0.1) is 4.47 Å². The number of carbonyl (C=O) groups is 1. The van der Waals surface area contributed by atoms with E-state index in [0.717, 1.165) is 10.0 Å². The first-order chi connectivity index (χ1) is 5.95. The van der Waals surface area contributed by atoms with Crippen molar-refractivity contribution in [3.63, 3.8) is 0 Å². The molecule has 1 aromatic heterocycles. The quantitative estimate of drug-likeness (QED) is 0.835. The minimum absolute atomic E-state index is 0.303. The molecule has 1 rings (SSSR count). The zero-order chi connectivity index (χ0) is 10.2. The van der Waals surface area contributed by atoms with E-state index in [1.807, 2.05) is 0 Å². The fraction of sp³-hybridized carbons (Fsp3) is 0.375. The fourth-order valence-electron chi connectivity index (χ4n) is 1.07. The maximum Gasteiger partial charge on any atom is 0.328 e. The molecule has 0 spiro atoms. The lowest BCUT2D eigenvalue weighted by molar-refractivity contribution is -0.139. The van der Waals surface area contributed by atoms with Gasteiger partial charge in [-0.1, -0.05) is 0 Å². The molecule has 0 saturated carbocycles. The average Bonchev–Trinajstić information content (AvgIpc) is 2.31. The van der Waals surface area contributed by atoms with Crippen molar-refractivity contribution in [3.05, 3.63) is 21.6 Å². The molecule has 4 nitrogen and oxygen atoms in total. The lowest BCUT2D eigenvalue weighted by Gasteiger charge is -2.02. The SMILES string of the molecule is Cc1oc(C(N)C(=O)O)c(C)c1Br. The molecule has 0 saturated heterocycles. The lowest BCUT2D eigenvalue weighted by Crippen LogP contribution is -2.20. The first kappa shape index (κ1) is 10.3. The third-order valence-corrected chi connectivity index (χ3v) is 2.97. The largest absolute Gasteiger partial charge is 0.480 e. The van der Waals surface area contributed by atoms with E-state index in [1.165, 1.54) is 0 Å². The van der Waals surface area contributed by atoms with Gasteiger partial charge in [0.1, 0.15) is 11.5 Å². The van der Waals surface area contributed by atoms with E-state index >= 15 is 0 Å². The van der Waals surface area contributed by atoms with Crippen LogP contribution in [0.25, 0.3) is 0 Å². The number of carboxylic acid groups (broad SMARTS) is 1. The number of nitrogens with two attached hydrogens (primary N) is 1. The Morgan fingerprint density at radius 2 is 2.15 bits per heavy atom. The Labute approximate surface area is 83.8 Å². The van der Waals surface area contributed by atoms with Crippen molar-refractivity contribution >= 4 is 21.9 Å². The van der Waals surface area contributed by atoms with Crippen LogP contribution < -0.4 is 5.73 Å². The molecule has 1 unspecified atom stereocenters. The Balaban J connectivity index is 3.15. The molecule has 0 amide bonds. The lowest BCUT2D eigenvalue weighted by atomic mass is 10.1. The monoisotopic (exact) mass is 247 g/mol. The summed E-state index contributed by atoms with van der Waals surface area (Å²) in [6.45, 7) is 3.51. The molecule has 0 aliphatic heterocycles. The minimum atomic E-state index is -1.09. The number of aliphatic carboxylic acids is 1. The molecule has 1 atom stereocenters. The van der Waals surface area contributed by atoms with E-state index in [4.69, 9.17) is 15.3 Å². The van der Waals surface area contributed by atoms with Crippen molar-refractivity contribution in [2.24, 2.45) is 5.73 Å². The molecule has 0 radical (unpaired) electrons. The third-order valence-electron chi connectivity index (χ3n) is 1.82. The number of furan rings is 1. The number of carboxylic acids is 1. The highest BCUT2D eigenvalue weighted by Gasteiger charge is 2.23. The van der Waals surface area contributed by atoms with Crippen LogP contribution in [0.2, 0.25) is 0 Å². The first-order valence-electron chi connectivity index (χ1n) is 3.69. The molecule has 1 aromatic rings. The molecule has 0 aliphatic carbocycles. The number of rotatable bonds is 2. The highest BCUT2D eigenvalue weighted by molar-refractivity contribution is 9.10. The van der Waals surface area contributed by atoms with Gasteiger partial charge in [0, 0.05) is 5.56 Å². The second kappa shape index (κ2) is 3.51. The Morgan fingerprint density at radius 1 is 1.62 bits per heavy atom. The van der Waals surface area contributed by atoms with Crippen LogP contribution in [0, 0.1) is 13.8 Å². The zero-order valence-electron chi connectivity index (χ0n) is 7.30. The highest BCUT2D eigenvalue weighted by Crippen LogP contribution is 2.29. The standard InChI is InChI=1S/C8H10BrNO3/c1-3-5(9)4(2)13-7(3)6(10)8(11)12/h6H,10H2,1-2H3,(H,11,12). The van der Waals surface area contributed by atoms with Crippen LogP contribution in [-0.2, 0) is 4.79 Å². The maximum absolute atomic E-state index is 10.6. The van der Waals surface area contributed by atoms with Gasteiger partial charge < -0.3 is 15.3 Å². The van der Waals surface area contributed by atoms with E-state index in [1.54, 1.807) is 13.8 Å². The second-order valence-corrected chi connectivity index (χ2v) is 3.57. The predicted molar refractivity (Wildman–Crippen MR) is 50.4 cm³/mol. The normalized spacial score (nSPS) is 12.9. The van der Waals surface area contributed by atoms with E-state index in [2.05, 4.69) is 15.9 Å². The number of hydrogen-bond acceptors (Lipinski definition) is 3. The van der Waals surface area contributed by atoms with Crippen LogP contribution in [0.5, 0.6) is 0 Å². The predicted octanol–water partition coefficient (Wildman–Crippen LogP) is 1.74. The summed E-state index contributed by atoms with van der Waals surface area (Å²) in [6.07, 6.45) is 0. The Bertz CT molecular complexity index is 345. The molecule has 0 aliphatic rings. The Morgan fingerprint density at radius 3 is 2.46 bits per heavy atom. The summed E-state index contributed by atoms with van der Waals surface area (Å²) in [5.41, 5.74) is 6.15. The summed E-state index contributed by atoms with van der Waals surface area (Å²) in [7, 11) is 0. The summed E-state index contributed by atoms with van der Waals surface area (Å²) < 4.78 is 5.99. The van der Waals surface area contributed by atoms with Gasteiger partial charge in [-0.05, 0) is 29.8 Å². The molecule has 0 bridgehead atoms. The smallest absolute Gasteiger partial charge is 0.328 e. The molecule has 72 valence electrons. The van der Waals surface area contributed by atoms with E-state index in [-0.39, 0.29) is 0 Å². The van der Waals surface area contributed by atoms with Crippen molar-refractivity contribution in [2.45, 2.75) is 19.9 Å². The van der Waals surface area contributed by atoms with Gasteiger partial charge in [-0.3, -0.25) is 4.79 Å². The Kier molecular flexibility index (Phi) is 2.77. The van der Waals surface area contributed by atoms with Crippen molar-refractivity contribution < 1.29 is 14.3 Å². The molecule has 0 fully saturated rings. The molecule has 1 heterocycles. The van der Waals surface area contributed by atoms with Gasteiger partial charge in [0.25, 0.3) is 0 Å². The van der Waals surface area contributed by atoms with Gasteiger partial charge in [-0.25, -0.2) is 0 Å². The molecule has 3 N–H and O–H groups in total. The number of hydrogen-bond donors (Lipinski definition) is 2. The van der Waals surface area contributed by atoms with E-state index in [0.29, 0.717) is 11.5 Å². The van der Waals surface area contributed by atoms with Crippen molar-refractivity contribution in [1.82, 2.24) is 0 Å². The molecular weight excluding hydrogens is 238 g/mol. The fourth-order valence-corrected chi connectivity index (χ4v) is 1.34. The van der Waals surface area contributed by atoms with Crippen LogP contribution in [0.4, 0.5) is 0 Å². The van der Waals surface area contributed by atoms with Gasteiger partial charge in [0.15, 0.2) is 6.04 Å².